The number of hydrogen-bond acceptors (Lipinski definition) is 6. The first-order valence-corrected chi connectivity index (χ1v) is 16.3. The van der Waals surface area contributed by atoms with Crippen LogP contribution in [0.2, 0.25) is 10.0 Å². The Morgan fingerprint density at radius 2 is 1.84 bits per heavy atom. The molecule has 9 nitrogen and oxygen atoms in total. The summed E-state index contributed by atoms with van der Waals surface area (Å²) in [6, 6.07) is 13.3. The highest BCUT2D eigenvalue weighted by atomic mass is 35.5. The molecule has 13 heteroatoms. The topological polar surface area (TPSA) is 131 Å². The molecule has 5 rings (SSSR count). The predicted octanol–water partition coefficient (Wildman–Crippen LogP) is 5.55. The molecule has 2 aliphatic rings. The third-order valence-corrected chi connectivity index (χ3v) is 9.23. The molecule has 1 fully saturated rings. The molecule has 0 spiro atoms. The molecule has 5 atom stereocenters. The number of carbonyl (C=O) groups is 3. The summed E-state index contributed by atoms with van der Waals surface area (Å²) in [6.07, 6.45) is 4.53. The Morgan fingerprint density at radius 3 is 2.57 bits per heavy atom. The SMILES string of the molecule is C[S+]([O-])N[C@H]1CCCC[C@@H]1N1C(=O)c2ccccc2[C@@H](C(=O)NOCc2cc(C(=O)O)ccc2F)[C@@H]1c1ccc(Cl)cc1Cl. The number of hydrogen-bond donors (Lipinski definition) is 3. The molecular formula is C31H30Cl2FN3O6S. The summed E-state index contributed by atoms with van der Waals surface area (Å²) in [7, 11) is 0. The van der Waals surface area contributed by atoms with Gasteiger partial charge in [-0.1, -0.05) is 60.3 Å². The van der Waals surface area contributed by atoms with Gasteiger partial charge in [0, 0.05) is 32.5 Å². The zero-order chi connectivity index (χ0) is 31.5. The molecule has 1 aliphatic carbocycles. The van der Waals surface area contributed by atoms with E-state index in [2.05, 4.69) is 10.2 Å². The van der Waals surface area contributed by atoms with Crippen LogP contribution in [0.25, 0.3) is 0 Å². The lowest BCUT2D eigenvalue weighted by atomic mass is 9.76. The van der Waals surface area contributed by atoms with E-state index < -0.39 is 53.7 Å². The molecular weight excluding hydrogens is 632 g/mol. The van der Waals surface area contributed by atoms with Gasteiger partial charge in [0.15, 0.2) is 0 Å². The number of carboxylic acids is 1. The summed E-state index contributed by atoms with van der Waals surface area (Å²) in [5.41, 5.74) is 3.48. The number of nitrogens with zero attached hydrogens (tertiary/aromatic N) is 1. The first kappa shape index (κ1) is 32.2. The summed E-state index contributed by atoms with van der Waals surface area (Å²) in [5, 5.41) is 9.90. The van der Waals surface area contributed by atoms with Crippen LogP contribution in [0.5, 0.6) is 0 Å². The molecule has 3 N–H and O–H groups in total. The molecule has 1 unspecified atom stereocenters. The molecule has 1 heterocycles. The lowest BCUT2D eigenvalue weighted by Crippen LogP contribution is -2.59. The minimum absolute atomic E-state index is 0.0629. The van der Waals surface area contributed by atoms with Gasteiger partial charge in [0.25, 0.3) is 11.8 Å². The van der Waals surface area contributed by atoms with Gasteiger partial charge in [-0.25, -0.2) is 14.7 Å². The third-order valence-electron chi connectivity index (χ3n) is 8.04. The van der Waals surface area contributed by atoms with E-state index in [-0.39, 0.29) is 28.1 Å². The Morgan fingerprint density at radius 1 is 1.09 bits per heavy atom. The van der Waals surface area contributed by atoms with E-state index in [0.29, 0.717) is 34.6 Å². The number of halogens is 3. The lowest BCUT2D eigenvalue weighted by molar-refractivity contribution is -0.138. The van der Waals surface area contributed by atoms with Crippen LogP contribution in [0.3, 0.4) is 0 Å². The predicted molar refractivity (Wildman–Crippen MR) is 164 cm³/mol. The van der Waals surface area contributed by atoms with E-state index in [4.69, 9.17) is 28.0 Å². The normalized spacial score (nSPS) is 22.3. The number of fused-ring (bicyclic) bond motifs is 1. The molecule has 2 amide bonds. The largest absolute Gasteiger partial charge is 0.598 e. The average Bonchev–Trinajstić information content (AvgIpc) is 2.98. The first-order valence-electron chi connectivity index (χ1n) is 14.0. The van der Waals surface area contributed by atoms with E-state index >= 15 is 0 Å². The van der Waals surface area contributed by atoms with Gasteiger partial charge in [-0.05, 0) is 60.4 Å². The van der Waals surface area contributed by atoms with Crippen LogP contribution < -0.4 is 10.2 Å². The molecule has 3 aromatic carbocycles. The quantitative estimate of drug-likeness (QED) is 0.202. The van der Waals surface area contributed by atoms with Gasteiger partial charge in [-0.2, -0.15) is 0 Å². The van der Waals surface area contributed by atoms with Crippen LogP contribution in [-0.4, -0.2) is 50.7 Å². The number of amides is 2. The van der Waals surface area contributed by atoms with Crippen LogP contribution in [0.1, 0.15) is 75.0 Å². The summed E-state index contributed by atoms with van der Waals surface area (Å²) >= 11 is 11.6. The second-order valence-electron chi connectivity index (χ2n) is 10.8. The summed E-state index contributed by atoms with van der Waals surface area (Å²) in [5.74, 6) is -3.87. The number of hydroxylamine groups is 1. The van der Waals surface area contributed by atoms with Crippen LogP contribution >= 0.6 is 23.2 Å². The average molecular weight is 663 g/mol. The monoisotopic (exact) mass is 661 g/mol. The van der Waals surface area contributed by atoms with Crippen molar-refractivity contribution in [1.29, 1.82) is 0 Å². The van der Waals surface area contributed by atoms with E-state index in [1.807, 2.05) is 0 Å². The fourth-order valence-electron chi connectivity index (χ4n) is 6.13. The van der Waals surface area contributed by atoms with Gasteiger partial charge in [0.1, 0.15) is 18.7 Å². The Kier molecular flexibility index (Phi) is 10.1. The highest BCUT2D eigenvalue weighted by Gasteiger charge is 2.49. The van der Waals surface area contributed by atoms with Crippen molar-refractivity contribution in [3.05, 3.63) is 104 Å². The molecule has 3 aromatic rings. The second kappa shape index (κ2) is 13.8. The van der Waals surface area contributed by atoms with Crippen molar-refractivity contribution in [3.63, 3.8) is 0 Å². The molecule has 1 aliphatic heterocycles. The van der Waals surface area contributed by atoms with Gasteiger partial charge in [0.05, 0.1) is 29.6 Å². The maximum atomic E-state index is 14.4. The number of rotatable bonds is 9. The van der Waals surface area contributed by atoms with Crippen molar-refractivity contribution in [3.8, 4) is 0 Å². The second-order valence-corrected chi connectivity index (χ2v) is 12.8. The minimum Gasteiger partial charge on any atom is -0.598 e. The van der Waals surface area contributed by atoms with E-state index in [9.17, 15) is 28.4 Å². The number of benzene rings is 3. The molecule has 1 saturated carbocycles. The molecule has 0 saturated heterocycles. The van der Waals surface area contributed by atoms with Crippen molar-refractivity contribution >= 4 is 52.3 Å². The van der Waals surface area contributed by atoms with Crippen molar-refractivity contribution in [2.24, 2.45) is 0 Å². The summed E-state index contributed by atoms with van der Waals surface area (Å²) in [4.78, 5) is 46.8. The van der Waals surface area contributed by atoms with Gasteiger partial charge < -0.3 is 14.6 Å². The van der Waals surface area contributed by atoms with Crippen molar-refractivity contribution in [2.45, 2.75) is 56.3 Å². The van der Waals surface area contributed by atoms with Gasteiger partial charge in [-0.15, -0.1) is 4.72 Å². The van der Waals surface area contributed by atoms with Crippen LogP contribution in [0.15, 0.2) is 60.7 Å². The maximum Gasteiger partial charge on any atom is 0.335 e. The Hall–Kier alpha value is -3.19. The maximum absolute atomic E-state index is 14.4. The van der Waals surface area contributed by atoms with Crippen LogP contribution in [0, 0.1) is 5.82 Å². The highest BCUT2D eigenvalue weighted by Crippen LogP contribution is 2.47. The fourth-order valence-corrected chi connectivity index (χ4v) is 7.35. The molecule has 0 aromatic heterocycles. The summed E-state index contributed by atoms with van der Waals surface area (Å²) < 4.78 is 29.8. The number of aromatic carboxylic acids is 1. The van der Waals surface area contributed by atoms with Crippen molar-refractivity contribution < 1.29 is 33.3 Å². The third kappa shape index (κ3) is 6.73. The zero-order valence-corrected chi connectivity index (χ0v) is 25.9. The van der Waals surface area contributed by atoms with E-state index in [1.165, 1.54) is 6.26 Å². The van der Waals surface area contributed by atoms with Crippen LogP contribution in [0.4, 0.5) is 4.39 Å². The van der Waals surface area contributed by atoms with Gasteiger partial charge in [0.2, 0.25) is 0 Å². The fraction of sp³-hybridized carbons (Fsp3) is 0.323. The molecule has 0 radical (unpaired) electrons. The Balaban J connectivity index is 1.55. The Bertz CT molecular complexity index is 1580. The molecule has 0 bridgehead atoms. The number of carboxylic acid groups (broad SMARTS) is 1. The smallest absolute Gasteiger partial charge is 0.335 e. The zero-order valence-electron chi connectivity index (χ0n) is 23.6. The van der Waals surface area contributed by atoms with Gasteiger partial charge in [-0.3, -0.25) is 14.4 Å². The summed E-state index contributed by atoms with van der Waals surface area (Å²) in [6.45, 7) is -0.445. The molecule has 232 valence electrons. The lowest BCUT2D eigenvalue weighted by Gasteiger charge is -2.48. The Labute approximate surface area is 266 Å². The molecule has 44 heavy (non-hydrogen) atoms. The van der Waals surface area contributed by atoms with Crippen molar-refractivity contribution in [1.82, 2.24) is 15.1 Å². The highest BCUT2D eigenvalue weighted by molar-refractivity contribution is 7.88. The van der Waals surface area contributed by atoms with E-state index in [1.54, 1.807) is 47.4 Å². The minimum atomic E-state index is -1.35. The van der Waals surface area contributed by atoms with Crippen molar-refractivity contribution in [2.75, 3.05) is 6.26 Å². The first-order chi connectivity index (χ1) is 21.1. The number of nitrogens with one attached hydrogen (secondary N) is 2. The number of carbonyl (C=O) groups excluding carboxylic acids is 2. The van der Waals surface area contributed by atoms with E-state index in [0.717, 1.165) is 31.0 Å². The van der Waals surface area contributed by atoms with Gasteiger partial charge >= 0.3 is 5.97 Å². The standard InChI is InChI=1S/C31H30Cl2FN3O6S/c1-44(42)36-25-8-4-5-9-26(25)37-28(22-12-11-19(32)15-23(22)33)27(20-6-2-3-7-21(20)30(37)39)29(38)35-43-16-18-14-17(31(40)41)10-13-24(18)34/h2-3,6-7,10-15,25-28,36H,4-5,8-9,16H2,1H3,(H,35,38)(H,40,41)/t25-,26-,27+,28-,44?/m0/s1. The van der Waals surface area contributed by atoms with Crippen LogP contribution in [-0.2, 0) is 27.6 Å².